The van der Waals surface area contributed by atoms with E-state index in [-0.39, 0.29) is 5.91 Å². The summed E-state index contributed by atoms with van der Waals surface area (Å²) in [7, 11) is 1.94. The van der Waals surface area contributed by atoms with E-state index in [1.54, 1.807) is 6.20 Å². The molecule has 5 heteroatoms. The number of nitrogens with one attached hydrogen (secondary N) is 1. The van der Waals surface area contributed by atoms with Crippen LogP contribution >= 0.6 is 11.3 Å². The van der Waals surface area contributed by atoms with E-state index in [0.29, 0.717) is 18.1 Å². The minimum absolute atomic E-state index is 0.107. The van der Waals surface area contributed by atoms with Crippen molar-refractivity contribution in [3.05, 3.63) is 41.4 Å². The molecule has 0 radical (unpaired) electrons. The number of carbonyl (C=O) groups excluding carboxylic acids is 1. The van der Waals surface area contributed by atoms with Gasteiger partial charge < -0.3 is 10.2 Å². The van der Waals surface area contributed by atoms with Crippen molar-refractivity contribution in [2.75, 3.05) is 7.05 Å². The Morgan fingerprint density at radius 2 is 1.91 bits per heavy atom. The van der Waals surface area contributed by atoms with Gasteiger partial charge in [0.25, 0.3) is 5.91 Å². The number of nitrogens with zero attached hydrogens (tertiary/aromatic N) is 2. The Hall–Kier alpha value is -1.72. The Balaban J connectivity index is 1.49. The van der Waals surface area contributed by atoms with Gasteiger partial charge in [-0.15, -0.1) is 11.3 Å². The third-order valence-electron chi connectivity index (χ3n) is 5.05. The number of carbonyl (C=O) groups is 1. The average Bonchev–Trinajstić information content (AvgIpc) is 3.21. The summed E-state index contributed by atoms with van der Waals surface area (Å²) >= 11 is 1.49. The van der Waals surface area contributed by atoms with E-state index in [4.69, 9.17) is 0 Å². The topological polar surface area (TPSA) is 45.2 Å². The van der Waals surface area contributed by atoms with Gasteiger partial charge in [-0.1, -0.05) is 30.3 Å². The first-order valence-electron chi connectivity index (χ1n) is 8.25. The Bertz CT molecular complexity index is 687. The summed E-state index contributed by atoms with van der Waals surface area (Å²) in [6.45, 7) is 0. The van der Waals surface area contributed by atoms with Crippen molar-refractivity contribution in [1.29, 1.82) is 0 Å². The number of rotatable bonds is 3. The number of piperidine rings is 1. The molecule has 3 heterocycles. The lowest BCUT2D eigenvalue weighted by Crippen LogP contribution is -2.48. The van der Waals surface area contributed by atoms with Crippen LogP contribution in [0.2, 0.25) is 0 Å². The van der Waals surface area contributed by atoms with Gasteiger partial charge in [0.15, 0.2) is 0 Å². The normalized spacial score (nSPS) is 26.2. The molecule has 1 aromatic carbocycles. The Labute approximate surface area is 140 Å². The Morgan fingerprint density at radius 1 is 1.22 bits per heavy atom. The summed E-state index contributed by atoms with van der Waals surface area (Å²) in [4.78, 5) is 19.9. The van der Waals surface area contributed by atoms with Crippen LogP contribution in [-0.4, -0.2) is 41.0 Å². The summed E-state index contributed by atoms with van der Waals surface area (Å²) in [5, 5.41) is 4.54. The lowest BCUT2D eigenvalue weighted by atomic mass is 9.98. The van der Waals surface area contributed by atoms with E-state index < -0.39 is 0 Å². The van der Waals surface area contributed by atoms with Gasteiger partial charge in [-0.25, -0.2) is 4.98 Å². The molecule has 0 aliphatic carbocycles. The second-order valence-corrected chi connectivity index (χ2v) is 7.61. The van der Waals surface area contributed by atoms with Crippen LogP contribution < -0.4 is 5.32 Å². The van der Waals surface area contributed by atoms with Crippen molar-refractivity contribution < 1.29 is 4.79 Å². The Morgan fingerprint density at radius 3 is 2.61 bits per heavy atom. The third-order valence-corrected chi connectivity index (χ3v) is 6.09. The molecule has 2 aliphatic rings. The SMILES string of the molecule is CN(C(=O)c1cnc(-c2ccccc2)s1)C1CC2CCC(C1)N2. The number of aromatic nitrogens is 1. The molecule has 1 amide bonds. The summed E-state index contributed by atoms with van der Waals surface area (Å²) in [6.07, 6.45) is 6.37. The second-order valence-electron chi connectivity index (χ2n) is 6.57. The van der Waals surface area contributed by atoms with Gasteiger partial charge in [0.1, 0.15) is 9.88 Å². The molecule has 1 N–H and O–H groups in total. The van der Waals surface area contributed by atoms with Gasteiger partial charge in [0, 0.05) is 30.7 Å². The molecule has 2 unspecified atom stereocenters. The van der Waals surface area contributed by atoms with Gasteiger partial charge in [0.2, 0.25) is 0 Å². The third kappa shape index (κ3) is 2.91. The zero-order valence-corrected chi connectivity index (χ0v) is 14.1. The van der Waals surface area contributed by atoms with Crippen molar-refractivity contribution >= 4 is 17.2 Å². The van der Waals surface area contributed by atoms with E-state index in [1.807, 2.05) is 42.3 Å². The molecule has 2 atom stereocenters. The molecule has 0 spiro atoms. The molecule has 4 nitrogen and oxygen atoms in total. The monoisotopic (exact) mass is 327 g/mol. The van der Waals surface area contributed by atoms with Crippen LogP contribution in [0.4, 0.5) is 0 Å². The van der Waals surface area contributed by atoms with Crippen LogP contribution in [0, 0.1) is 0 Å². The molecule has 2 bridgehead atoms. The summed E-state index contributed by atoms with van der Waals surface area (Å²) < 4.78 is 0. The second kappa shape index (κ2) is 6.06. The summed E-state index contributed by atoms with van der Waals surface area (Å²) in [6, 6.07) is 11.6. The minimum Gasteiger partial charge on any atom is -0.338 e. The van der Waals surface area contributed by atoms with E-state index >= 15 is 0 Å². The van der Waals surface area contributed by atoms with E-state index in [1.165, 1.54) is 24.2 Å². The number of fused-ring (bicyclic) bond motifs is 2. The smallest absolute Gasteiger partial charge is 0.265 e. The fraction of sp³-hybridized carbons (Fsp3) is 0.444. The lowest BCUT2D eigenvalue weighted by molar-refractivity contribution is 0.0686. The fourth-order valence-electron chi connectivity index (χ4n) is 3.77. The predicted molar refractivity (Wildman–Crippen MR) is 92.6 cm³/mol. The number of benzene rings is 1. The zero-order valence-electron chi connectivity index (χ0n) is 13.2. The quantitative estimate of drug-likeness (QED) is 0.942. The highest BCUT2D eigenvalue weighted by molar-refractivity contribution is 7.16. The van der Waals surface area contributed by atoms with Gasteiger partial charge in [-0.3, -0.25) is 4.79 Å². The molecule has 2 saturated heterocycles. The molecule has 1 aromatic heterocycles. The largest absolute Gasteiger partial charge is 0.338 e. The van der Waals surface area contributed by atoms with Gasteiger partial charge in [0.05, 0.1) is 6.20 Å². The molecule has 2 aliphatic heterocycles. The van der Waals surface area contributed by atoms with Crippen LogP contribution in [0.1, 0.15) is 35.4 Å². The van der Waals surface area contributed by atoms with Crippen molar-refractivity contribution in [1.82, 2.24) is 15.2 Å². The first kappa shape index (κ1) is 14.8. The molecular weight excluding hydrogens is 306 g/mol. The van der Waals surface area contributed by atoms with Gasteiger partial charge in [-0.2, -0.15) is 0 Å². The standard InChI is InChI=1S/C18H21N3OS/c1-21(15-9-13-7-8-14(10-15)20-13)18(22)16-11-19-17(23-16)12-5-3-2-4-6-12/h2-6,11,13-15,20H,7-10H2,1H3. The predicted octanol–water partition coefficient (Wildman–Crippen LogP) is 3.17. The Kier molecular flexibility index (Phi) is 3.91. The van der Waals surface area contributed by atoms with E-state index in [2.05, 4.69) is 10.3 Å². The van der Waals surface area contributed by atoms with Crippen LogP contribution in [0.25, 0.3) is 10.6 Å². The van der Waals surface area contributed by atoms with Crippen molar-refractivity contribution in [2.45, 2.75) is 43.8 Å². The van der Waals surface area contributed by atoms with Gasteiger partial charge in [-0.05, 0) is 25.7 Å². The molecular formula is C18H21N3OS. The average molecular weight is 327 g/mol. The number of thiazole rings is 1. The molecule has 23 heavy (non-hydrogen) atoms. The van der Waals surface area contributed by atoms with Crippen LogP contribution in [-0.2, 0) is 0 Å². The van der Waals surface area contributed by atoms with Gasteiger partial charge >= 0.3 is 0 Å². The maximum absolute atomic E-state index is 12.8. The lowest BCUT2D eigenvalue weighted by Gasteiger charge is -2.35. The highest BCUT2D eigenvalue weighted by Crippen LogP contribution is 2.31. The molecule has 4 rings (SSSR count). The molecule has 2 aromatic rings. The minimum atomic E-state index is 0.107. The number of amides is 1. The van der Waals surface area contributed by atoms with Crippen molar-refractivity contribution in [2.24, 2.45) is 0 Å². The first-order valence-corrected chi connectivity index (χ1v) is 9.07. The molecule has 0 saturated carbocycles. The van der Waals surface area contributed by atoms with E-state index in [9.17, 15) is 4.79 Å². The highest BCUT2D eigenvalue weighted by Gasteiger charge is 2.36. The zero-order chi connectivity index (χ0) is 15.8. The van der Waals surface area contributed by atoms with E-state index in [0.717, 1.165) is 28.3 Å². The number of hydrogen-bond acceptors (Lipinski definition) is 4. The summed E-state index contributed by atoms with van der Waals surface area (Å²) in [5.41, 5.74) is 1.07. The van der Waals surface area contributed by atoms with Crippen LogP contribution in [0.5, 0.6) is 0 Å². The van der Waals surface area contributed by atoms with Crippen LogP contribution in [0.3, 0.4) is 0 Å². The first-order chi connectivity index (χ1) is 11.2. The highest BCUT2D eigenvalue weighted by atomic mass is 32.1. The molecule has 2 fully saturated rings. The molecule has 120 valence electrons. The fourth-order valence-corrected chi connectivity index (χ4v) is 4.67. The summed E-state index contributed by atoms with van der Waals surface area (Å²) in [5.74, 6) is 0.107. The van der Waals surface area contributed by atoms with Crippen LogP contribution in [0.15, 0.2) is 36.5 Å². The van der Waals surface area contributed by atoms with Crippen molar-refractivity contribution in [3.63, 3.8) is 0 Å². The maximum Gasteiger partial charge on any atom is 0.265 e. The van der Waals surface area contributed by atoms with Crippen molar-refractivity contribution in [3.8, 4) is 10.6 Å². The maximum atomic E-state index is 12.8. The number of hydrogen-bond donors (Lipinski definition) is 1.